The maximum atomic E-state index is 12.6. The zero-order chi connectivity index (χ0) is 17.7. The third-order valence-corrected chi connectivity index (χ3v) is 4.27. The highest BCUT2D eigenvalue weighted by Crippen LogP contribution is 2.34. The van der Waals surface area contributed by atoms with E-state index < -0.39 is 11.7 Å². The van der Waals surface area contributed by atoms with E-state index in [0.717, 1.165) is 30.2 Å². The zero-order valence-corrected chi connectivity index (χ0v) is 14.3. The minimum atomic E-state index is -4.30. The number of hydrogen-bond donors (Lipinski definition) is 2. The van der Waals surface area contributed by atoms with E-state index in [-0.39, 0.29) is 0 Å². The molecule has 1 saturated carbocycles. The Morgan fingerprint density at radius 2 is 1.83 bits per heavy atom. The van der Waals surface area contributed by atoms with Gasteiger partial charge in [-0.1, -0.05) is 12.1 Å². The van der Waals surface area contributed by atoms with Crippen LogP contribution in [0.25, 0.3) is 0 Å². The van der Waals surface area contributed by atoms with Gasteiger partial charge in [0, 0.05) is 26.2 Å². The molecule has 1 unspecified atom stereocenters. The maximum Gasteiger partial charge on any atom is 0.416 e. The summed E-state index contributed by atoms with van der Waals surface area (Å²) in [4.78, 5) is 6.38. The lowest BCUT2D eigenvalue weighted by atomic mass is 10.1. The fourth-order valence-electron chi connectivity index (χ4n) is 2.67. The smallest absolute Gasteiger partial charge is 0.355 e. The summed E-state index contributed by atoms with van der Waals surface area (Å²) in [7, 11) is 5.83. The number of hydrogen-bond acceptors (Lipinski definition) is 2. The van der Waals surface area contributed by atoms with E-state index >= 15 is 0 Å². The highest BCUT2D eigenvalue weighted by atomic mass is 19.4. The van der Waals surface area contributed by atoms with Crippen molar-refractivity contribution < 1.29 is 13.2 Å². The topological polar surface area (TPSA) is 39.7 Å². The summed E-state index contributed by atoms with van der Waals surface area (Å²) in [6.07, 6.45) is -1.77. The van der Waals surface area contributed by atoms with Crippen molar-refractivity contribution in [1.82, 2.24) is 15.5 Å². The lowest BCUT2D eigenvalue weighted by molar-refractivity contribution is -0.137. The van der Waals surface area contributed by atoms with Crippen molar-refractivity contribution in [3.63, 3.8) is 0 Å². The lowest BCUT2D eigenvalue weighted by Crippen LogP contribution is -2.45. The largest absolute Gasteiger partial charge is 0.416 e. The van der Waals surface area contributed by atoms with E-state index in [1.54, 1.807) is 7.05 Å². The van der Waals surface area contributed by atoms with Crippen molar-refractivity contribution in [2.24, 2.45) is 10.9 Å². The monoisotopic (exact) mass is 342 g/mol. The first-order valence-corrected chi connectivity index (χ1v) is 8.08. The first-order valence-electron chi connectivity index (χ1n) is 8.08. The molecule has 1 aliphatic rings. The molecule has 1 aliphatic carbocycles. The van der Waals surface area contributed by atoms with Gasteiger partial charge in [0.25, 0.3) is 0 Å². The number of rotatable bonds is 6. The van der Waals surface area contributed by atoms with Crippen molar-refractivity contribution in [2.75, 3.05) is 27.7 Å². The molecule has 0 saturated heterocycles. The fourth-order valence-corrected chi connectivity index (χ4v) is 2.67. The molecule has 0 spiro atoms. The van der Waals surface area contributed by atoms with Gasteiger partial charge in [-0.05, 0) is 50.6 Å². The minimum absolute atomic E-state index is 0.424. The molecule has 1 fully saturated rings. The first kappa shape index (κ1) is 18.6. The average Bonchev–Trinajstić information content (AvgIpc) is 3.34. The standard InChI is InChI=1S/C17H25F3N4/c1-21-16(23-11-15(24(2)3)13-6-7-13)22-10-12-4-8-14(9-5-12)17(18,19)20/h4-5,8-9,13,15H,6-7,10-11H2,1-3H3,(H2,21,22,23). The van der Waals surface area contributed by atoms with Crippen molar-refractivity contribution in [2.45, 2.75) is 31.6 Å². The van der Waals surface area contributed by atoms with Crippen LogP contribution in [-0.4, -0.2) is 44.6 Å². The van der Waals surface area contributed by atoms with E-state index in [1.165, 1.54) is 25.0 Å². The molecule has 1 aromatic rings. The van der Waals surface area contributed by atoms with E-state index in [2.05, 4.69) is 34.6 Å². The first-order chi connectivity index (χ1) is 11.3. The van der Waals surface area contributed by atoms with Crippen LogP contribution in [0.15, 0.2) is 29.3 Å². The fraction of sp³-hybridized carbons (Fsp3) is 0.588. The Morgan fingerprint density at radius 3 is 2.29 bits per heavy atom. The van der Waals surface area contributed by atoms with Crippen LogP contribution in [0.1, 0.15) is 24.0 Å². The predicted molar refractivity (Wildman–Crippen MR) is 89.8 cm³/mol. The van der Waals surface area contributed by atoms with Crippen molar-refractivity contribution in [3.8, 4) is 0 Å². The van der Waals surface area contributed by atoms with E-state index in [1.807, 2.05) is 0 Å². The van der Waals surface area contributed by atoms with Crippen LogP contribution >= 0.6 is 0 Å². The Bertz CT molecular complexity index is 546. The number of guanidine groups is 1. The third kappa shape index (κ3) is 5.40. The summed E-state index contributed by atoms with van der Waals surface area (Å²) in [5.74, 6) is 1.39. The van der Waals surface area contributed by atoms with E-state index in [9.17, 15) is 13.2 Å². The molecular weight excluding hydrogens is 317 g/mol. The Morgan fingerprint density at radius 1 is 1.21 bits per heavy atom. The Labute approximate surface area is 141 Å². The molecule has 0 radical (unpaired) electrons. The predicted octanol–water partition coefficient (Wildman–Crippen LogP) is 2.71. The molecule has 2 N–H and O–H groups in total. The Hall–Kier alpha value is -1.76. The summed E-state index contributed by atoms with van der Waals surface area (Å²) in [6, 6.07) is 5.63. The van der Waals surface area contributed by atoms with Crippen LogP contribution in [0.2, 0.25) is 0 Å². The highest BCUT2D eigenvalue weighted by Gasteiger charge is 2.32. The summed E-state index contributed by atoms with van der Waals surface area (Å²) in [6.45, 7) is 1.22. The number of alkyl halides is 3. The quantitative estimate of drug-likeness (QED) is 0.617. The van der Waals surface area contributed by atoms with Gasteiger partial charge >= 0.3 is 6.18 Å². The number of nitrogens with zero attached hydrogens (tertiary/aromatic N) is 2. The number of benzene rings is 1. The molecule has 0 heterocycles. The Kier molecular flexibility index (Phi) is 6.10. The third-order valence-electron chi connectivity index (χ3n) is 4.27. The van der Waals surface area contributed by atoms with Gasteiger partial charge < -0.3 is 15.5 Å². The average molecular weight is 342 g/mol. The highest BCUT2D eigenvalue weighted by molar-refractivity contribution is 5.79. The molecule has 1 atom stereocenters. The normalized spacial score (nSPS) is 17.0. The van der Waals surface area contributed by atoms with Crippen LogP contribution < -0.4 is 10.6 Å². The number of halogens is 3. The second kappa shape index (κ2) is 7.88. The summed E-state index contributed by atoms with van der Waals surface area (Å²) >= 11 is 0. The van der Waals surface area contributed by atoms with E-state index in [0.29, 0.717) is 18.5 Å². The van der Waals surface area contributed by atoms with Crippen LogP contribution in [0.5, 0.6) is 0 Å². The molecule has 0 aromatic heterocycles. The Balaban J connectivity index is 1.83. The number of likely N-dealkylation sites (N-methyl/N-ethyl adjacent to an activating group) is 1. The van der Waals surface area contributed by atoms with Gasteiger partial charge in [0.05, 0.1) is 5.56 Å². The molecule has 0 bridgehead atoms. The van der Waals surface area contributed by atoms with Gasteiger partial charge in [-0.3, -0.25) is 4.99 Å². The van der Waals surface area contributed by atoms with Crippen LogP contribution in [0, 0.1) is 5.92 Å². The number of aliphatic imine (C=N–C) groups is 1. The molecular formula is C17H25F3N4. The maximum absolute atomic E-state index is 12.6. The number of nitrogens with one attached hydrogen (secondary N) is 2. The van der Waals surface area contributed by atoms with Crippen LogP contribution in [0.3, 0.4) is 0 Å². The molecule has 0 amide bonds. The van der Waals surface area contributed by atoms with E-state index in [4.69, 9.17) is 0 Å². The van der Waals surface area contributed by atoms with Crippen molar-refractivity contribution in [1.29, 1.82) is 0 Å². The van der Waals surface area contributed by atoms with Gasteiger partial charge in [0.15, 0.2) is 5.96 Å². The van der Waals surface area contributed by atoms with Gasteiger partial charge in [-0.2, -0.15) is 13.2 Å². The van der Waals surface area contributed by atoms with Gasteiger partial charge in [-0.15, -0.1) is 0 Å². The van der Waals surface area contributed by atoms with Crippen molar-refractivity contribution >= 4 is 5.96 Å². The molecule has 1 aromatic carbocycles. The second-order valence-electron chi connectivity index (χ2n) is 6.37. The molecule has 2 rings (SSSR count). The summed E-state index contributed by atoms with van der Waals surface area (Å²) in [5, 5.41) is 6.43. The minimum Gasteiger partial charge on any atom is -0.355 e. The molecule has 24 heavy (non-hydrogen) atoms. The SMILES string of the molecule is CN=C(NCc1ccc(C(F)(F)F)cc1)NCC(C1CC1)N(C)C. The summed E-state index contributed by atoms with van der Waals surface area (Å²) < 4.78 is 37.7. The van der Waals surface area contributed by atoms with Crippen LogP contribution in [0.4, 0.5) is 13.2 Å². The molecule has 134 valence electrons. The van der Waals surface area contributed by atoms with Crippen LogP contribution in [-0.2, 0) is 12.7 Å². The molecule has 0 aliphatic heterocycles. The zero-order valence-electron chi connectivity index (χ0n) is 14.3. The van der Waals surface area contributed by atoms with Gasteiger partial charge in [0.1, 0.15) is 0 Å². The lowest BCUT2D eigenvalue weighted by Gasteiger charge is -2.25. The molecule has 4 nitrogen and oxygen atoms in total. The van der Waals surface area contributed by atoms with Gasteiger partial charge in [0.2, 0.25) is 0 Å². The van der Waals surface area contributed by atoms with Crippen molar-refractivity contribution in [3.05, 3.63) is 35.4 Å². The second-order valence-corrected chi connectivity index (χ2v) is 6.37. The molecule has 7 heteroatoms. The summed E-state index contributed by atoms with van der Waals surface area (Å²) in [5.41, 5.74) is 0.143. The van der Waals surface area contributed by atoms with Gasteiger partial charge in [-0.25, -0.2) is 0 Å².